The Kier molecular flexibility index (Phi) is 3.42. The zero-order valence-corrected chi connectivity index (χ0v) is 12.2. The van der Waals surface area contributed by atoms with Crippen molar-refractivity contribution in [2.75, 3.05) is 13.7 Å². The first-order valence-corrected chi connectivity index (χ1v) is 7.66. The lowest BCUT2D eigenvalue weighted by Gasteiger charge is -2.36. The minimum Gasteiger partial charge on any atom is -0.370 e. The largest absolute Gasteiger partial charge is 0.370 e. The lowest BCUT2D eigenvalue weighted by molar-refractivity contribution is -0.137. The van der Waals surface area contributed by atoms with Crippen molar-refractivity contribution in [1.82, 2.24) is 4.90 Å². The van der Waals surface area contributed by atoms with Crippen LogP contribution in [0.25, 0.3) is 0 Å². The molecule has 1 saturated heterocycles. The Bertz CT molecular complexity index is 388. The molecule has 1 atom stereocenters. The second-order valence-electron chi connectivity index (χ2n) is 6.67. The molecule has 2 aliphatic carbocycles. The third-order valence-corrected chi connectivity index (χ3v) is 5.30. The Morgan fingerprint density at radius 2 is 2.05 bits per heavy atom. The molecule has 0 radical (unpaired) electrons. The van der Waals surface area contributed by atoms with Crippen LogP contribution >= 0.6 is 0 Å². The van der Waals surface area contributed by atoms with Gasteiger partial charge in [-0.15, -0.1) is 0 Å². The van der Waals surface area contributed by atoms with Crippen LogP contribution in [-0.2, 0) is 9.53 Å². The van der Waals surface area contributed by atoms with Gasteiger partial charge in [0, 0.05) is 19.0 Å². The number of amides is 1. The number of carbonyl (C=O) groups excluding carboxylic acids is 1. The van der Waals surface area contributed by atoms with Crippen LogP contribution in [0.3, 0.4) is 0 Å². The van der Waals surface area contributed by atoms with Gasteiger partial charge >= 0.3 is 0 Å². The third kappa shape index (κ3) is 2.71. The van der Waals surface area contributed by atoms with E-state index >= 15 is 0 Å². The van der Waals surface area contributed by atoms with Crippen molar-refractivity contribution >= 4 is 5.91 Å². The van der Waals surface area contributed by atoms with Gasteiger partial charge in [-0.1, -0.05) is 11.6 Å². The maximum atomic E-state index is 12.5. The lowest BCUT2D eigenvalue weighted by Crippen LogP contribution is -2.44. The van der Waals surface area contributed by atoms with E-state index in [4.69, 9.17) is 4.74 Å². The van der Waals surface area contributed by atoms with Crippen molar-refractivity contribution < 1.29 is 9.53 Å². The van der Waals surface area contributed by atoms with E-state index in [0.717, 1.165) is 51.6 Å². The lowest BCUT2D eigenvalue weighted by atomic mass is 9.84. The molecule has 0 aromatic carbocycles. The monoisotopic (exact) mass is 263 g/mol. The zero-order valence-electron chi connectivity index (χ0n) is 12.2. The minimum atomic E-state index is 0.224. The van der Waals surface area contributed by atoms with Crippen molar-refractivity contribution in [3.8, 4) is 0 Å². The maximum Gasteiger partial charge on any atom is 0.225 e. The number of epoxide rings is 1. The Morgan fingerprint density at radius 3 is 2.58 bits per heavy atom. The molecule has 0 N–H and O–H groups in total. The highest BCUT2D eigenvalue weighted by Gasteiger charge is 2.47. The van der Waals surface area contributed by atoms with Crippen LogP contribution < -0.4 is 0 Å². The quantitative estimate of drug-likeness (QED) is 0.567. The SMILES string of the molecule is CC1=CC[C@H](C(=O)N(C)[C@H]2CC[C@@]3(CC2)CO3)CC1. The molecule has 1 aliphatic heterocycles. The Hall–Kier alpha value is -0.830. The third-order valence-electron chi connectivity index (χ3n) is 5.30. The molecule has 3 nitrogen and oxygen atoms in total. The van der Waals surface area contributed by atoms with Crippen molar-refractivity contribution in [3.63, 3.8) is 0 Å². The molecule has 3 aliphatic rings. The topological polar surface area (TPSA) is 32.8 Å². The van der Waals surface area contributed by atoms with Crippen molar-refractivity contribution in [1.29, 1.82) is 0 Å². The van der Waals surface area contributed by atoms with Crippen LogP contribution in [-0.4, -0.2) is 36.1 Å². The summed E-state index contributed by atoms with van der Waals surface area (Å²) in [5, 5.41) is 0. The van der Waals surface area contributed by atoms with E-state index in [-0.39, 0.29) is 11.5 Å². The molecular formula is C16H25NO2. The van der Waals surface area contributed by atoms with Crippen LogP contribution in [0.15, 0.2) is 11.6 Å². The van der Waals surface area contributed by atoms with E-state index in [1.165, 1.54) is 5.57 Å². The number of allylic oxidation sites excluding steroid dienone is 2. The molecule has 1 saturated carbocycles. The fraction of sp³-hybridized carbons (Fsp3) is 0.812. The first kappa shape index (κ1) is 13.2. The molecule has 1 heterocycles. The van der Waals surface area contributed by atoms with Gasteiger partial charge in [-0.2, -0.15) is 0 Å². The fourth-order valence-electron chi connectivity index (χ4n) is 3.56. The summed E-state index contributed by atoms with van der Waals surface area (Å²) >= 11 is 0. The molecule has 106 valence electrons. The summed E-state index contributed by atoms with van der Waals surface area (Å²) in [4.78, 5) is 14.6. The first-order chi connectivity index (χ1) is 9.10. The molecule has 2 fully saturated rings. The van der Waals surface area contributed by atoms with Gasteiger partial charge in [0.25, 0.3) is 0 Å². The number of carbonyl (C=O) groups is 1. The molecule has 0 aromatic heterocycles. The van der Waals surface area contributed by atoms with Crippen molar-refractivity contribution in [2.24, 2.45) is 5.92 Å². The number of rotatable bonds is 2. The molecule has 3 heteroatoms. The summed E-state index contributed by atoms with van der Waals surface area (Å²) in [5.74, 6) is 0.586. The molecule has 0 aromatic rings. The van der Waals surface area contributed by atoms with E-state index in [0.29, 0.717) is 11.9 Å². The maximum absolute atomic E-state index is 12.5. The number of hydrogen-bond acceptors (Lipinski definition) is 2. The highest BCUT2D eigenvalue weighted by atomic mass is 16.6. The molecule has 1 spiro atoms. The van der Waals surface area contributed by atoms with Gasteiger partial charge in [0.05, 0.1) is 12.2 Å². The summed E-state index contributed by atoms with van der Waals surface area (Å²) in [7, 11) is 2.00. The molecule has 0 bridgehead atoms. The summed E-state index contributed by atoms with van der Waals surface area (Å²) in [6.45, 7) is 3.12. The average Bonchev–Trinajstić information content (AvgIpc) is 3.18. The zero-order chi connectivity index (χ0) is 13.5. The van der Waals surface area contributed by atoms with Gasteiger partial charge in [0.1, 0.15) is 0 Å². The molecule has 3 rings (SSSR count). The van der Waals surface area contributed by atoms with Gasteiger partial charge in [0.2, 0.25) is 5.91 Å². The Morgan fingerprint density at radius 1 is 1.37 bits per heavy atom. The molecular weight excluding hydrogens is 238 g/mol. The van der Waals surface area contributed by atoms with Crippen LogP contribution in [0.5, 0.6) is 0 Å². The second kappa shape index (κ2) is 4.93. The van der Waals surface area contributed by atoms with E-state index in [9.17, 15) is 4.79 Å². The van der Waals surface area contributed by atoms with Gasteiger partial charge in [-0.05, 0) is 51.9 Å². The van der Waals surface area contributed by atoms with E-state index in [2.05, 4.69) is 13.0 Å². The van der Waals surface area contributed by atoms with Crippen LogP contribution in [0.4, 0.5) is 0 Å². The van der Waals surface area contributed by atoms with Crippen LogP contribution in [0.1, 0.15) is 51.9 Å². The number of hydrogen-bond donors (Lipinski definition) is 0. The summed E-state index contributed by atoms with van der Waals surface area (Å²) in [6.07, 6.45) is 9.81. The first-order valence-electron chi connectivity index (χ1n) is 7.66. The smallest absolute Gasteiger partial charge is 0.225 e. The molecule has 0 unspecified atom stereocenters. The highest BCUT2D eigenvalue weighted by molar-refractivity contribution is 5.79. The van der Waals surface area contributed by atoms with Crippen molar-refractivity contribution in [2.45, 2.75) is 63.5 Å². The molecule has 1 amide bonds. The normalized spacial score (nSPS) is 37.9. The number of nitrogens with zero attached hydrogens (tertiary/aromatic N) is 1. The van der Waals surface area contributed by atoms with Gasteiger partial charge in [-0.3, -0.25) is 4.79 Å². The molecule has 19 heavy (non-hydrogen) atoms. The van der Waals surface area contributed by atoms with Crippen LogP contribution in [0, 0.1) is 5.92 Å². The predicted molar refractivity (Wildman–Crippen MR) is 74.8 cm³/mol. The standard InChI is InChI=1S/C16H25NO2/c1-12-3-5-13(6-4-12)15(18)17(2)14-7-9-16(10-8-14)11-19-16/h3,13-14H,4-11H2,1-2H3/t13-,14-,16+/m0/s1. The summed E-state index contributed by atoms with van der Waals surface area (Å²) in [6, 6.07) is 0.439. The van der Waals surface area contributed by atoms with E-state index in [1.807, 2.05) is 11.9 Å². The average molecular weight is 263 g/mol. The predicted octanol–water partition coefficient (Wildman–Crippen LogP) is 2.90. The minimum absolute atomic E-state index is 0.224. The van der Waals surface area contributed by atoms with Gasteiger partial charge < -0.3 is 9.64 Å². The summed E-state index contributed by atoms with van der Waals surface area (Å²) < 4.78 is 5.54. The fourth-order valence-corrected chi connectivity index (χ4v) is 3.56. The second-order valence-corrected chi connectivity index (χ2v) is 6.67. The van der Waals surface area contributed by atoms with E-state index < -0.39 is 0 Å². The van der Waals surface area contributed by atoms with E-state index in [1.54, 1.807) is 0 Å². The Balaban J connectivity index is 1.54. The van der Waals surface area contributed by atoms with Gasteiger partial charge in [0.15, 0.2) is 0 Å². The van der Waals surface area contributed by atoms with Crippen LogP contribution in [0.2, 0.25) is 0 Å². The van der Waals surface area contributed by atoms with Crippen molar-refractivity contribution in [3.05, 3.63) is 11.6 Å². The van der Waals surface area contributed by atoms with Gasteiger partial charge in [-0.25, -0.2) is 0 Å². The summed E-state index contributed by atoms with van der Waals surface area (Å²) in [5.41, 5.74) is 1.67. The highest BCUT2D eigenvalue weighted by Crippen LogP contribution is 2.42. The Labute approximate surface area is 116 Å². The number of ether oxygens (including phenoxy) is 1.